The van der Waals surface area contributed by atoms with Gasteiger partial charge in [-0.05, 0) is 48.0 Å². The molecule has 164 valence electrons. The Bertz CT molecular complexity index is 1130. The fourth-order valence-electron chi connectivity index (χ4n) is 4.35. The van der Waals surface area contributed by atoms with Gasteiger partial charge < -0.3 is 18.8 Å². The van der Waals surface area contributed by atoms with E-state index in [1.807, 2.05) is 18.2 Å². The molecule has 2 aromatic heterocycles. The van der Waals surface area contributed by atoms with Crippen molar-refractivity contribution in [2.24, 2.45) is 0 Å². The molecule has 1 saturated heterocycles. The molecule has 0 saturated carbocycles. The number of piperazine rings is 1. The number of rotatable bonds is 7. The molecule has 5 rings (SSSR count). The predicted octanol–water partition coefficient (Wildman–Crippen LogP) is 4.82. The molecule has 0 spiro atoms. The molecule has 0 N–H and O–H groups in total. The van der Waals surface area contributed by atoms with Gasteiger partial charge in [-0.1, -0.05) is 30.3 Å². The molecular weight excluding hydrogens is 398 g/mol. The molecule has 0 aliphatic carbocycles. The first-order chi connectivity index (χ1) is 15.8. The molecule has 5 nitrogen and oxygen atoms in total. The van der Waals surface area contributed by atoms with Gasteiger partial charge in [0.25, 0.3) is 0 Å². The van der Waals surface area contributed by atoms with Crippen LogP contribution in [0, 0.1) is 0 Å². The van der Waals surface area contributed by atoms with Crippen LogP contribution >= 0.6 is 0 Å². The molecule has 2 aromatic carbocycles. The summed E-state index contributed by atoms with van der Waals surface area (Å²) < 4.78 is 13.7. The number of anilines is 1. The Hall–Kier alpha value is -3.44. The summed E-state index contributed by atoms with van der Waals surface area (Å²) in [5.74, 6) is 1.87. The number of methoxy groups -OCH3 is 1. The summed E-state index contributed by atoms with van der Waals surface area (Å²) in [4.78, 5) is 4.87. The van der Waals surface area contributed by atoms with Gasteiger partial charge in [0.15, 0.2) is 0 Å². The highest BCUT2D eigenvalue weighted by atomic mass is 16.5. The van der Waals surface area contributed by atoms with Crippen molar-refractivity contribution in [3.8, 4) is 22.6 Å². The van der Waals surface area contributed by atoms with Gasteiger partial charge in [0.2, 0.25) is 0 Å². The van der Waals surface area contributed by atoms with Gasteiger partial charge in [-0.25, -0.2) is 0 Å². The van der Waals surface area contributed by atoms with E-state index in [1.165, 1.54) is 22.3 Å². The molecule has 0 unspecified atom stereocenters. The summed E-state index contributed by atoms with van der Waals surface area (Å²) in [6.45, 7) is 5.70. The summed E-state index contributed by atoms with van der Waals surface area (Å²) in [6, 6.07) is 25.1. The lowest BCUT2D eigenvalue weighted by atomic mass is 10.1. The number of ether oxygens (including phenoxy) is 2. The normalized spacial score (nSPS) is 14.6. The minimum atomic E-state index is 0.699. The summed E-state index contributed by atoms with van der Waals surface area (Å²) in [7, 11) is 1.74. The molecule has 0 bridgehead atoms. The Balaban J connectivity index is 1.11. The standard InChI is InChI=1S/C27H29N3O2/c1-31-27-8-3-2-7-26(27)29-16-14-28(15-17-29)18-19-32-25-11-9-22(10-12-25)23-20-24-6-4-5-13-30(24)21-23/h2-13,20-21H,14-19H2,1H3. The lowest BCUT2D eigenvalue weighted by molar-refractivity contribution is 0.200. The minimum Gasteiger partial charge on any atom is -0.495 e. The molecule has 32 heavy (non-hydrogen) atoms. The molecule has 0 atom stereocenters. The van der Waals surface area contributed by atoms with Crippen molar-refractivity contribution >= 4 is 11.2 Å². The van der Waals surface area contributed by atoms with Gasteiger partial charge in [0, 0.05) is 56.2 Å². The number of benzene rings is 2. The molecule has 5 heteroatoms. The summed E-state index contributed by atoms with van der Waals surface area (Å²) >= 11 is 0. The van der Waals surface area contributed by atoms with Crippen LogP contribution < -0.4 is 14.4 Å². The molecule has 1 aliphatic heterocycles. The molecule has 4 aromatic rings. The molecular formula is C27H29N3O2. The van der Waals surface area contributed by atoms with Crippen LogP contribution in [-0.4, -0.2) is 55.7 Å². The second-order valence-electron chi connectivity index (χ2n) is 8.13. The van der Waals surface area contributed by atoms with E-state index in [4.69, 9.17) is 9.47 Å². The summed E-state index contributed by atoms with van der Waals surface area (Å²) in [5, 5.41) is 0. The average Bonchev–Trinajstić information content (AvgIpc) is 3.29. The lowest BCUT2D eigenvalue weighted by Crippen LogP contribution is -2.47. The van der Waals surface area contributed by atoms with Gasteiger partial charge in [0.05, 0.1) is 12.8 Å². The van der Waals surface area contributed by atoms with E-state index >= 15 is 0 Å². The highest BCUT2D eigenvalue weighted by molar-refractivity contribution is 5.70. The van der Waals surface area contributed by atoms with Gasteiger partial charge in [-0.15, -0.1) is 0 Å². The predicted molar refractivity (Wildman–Crippen MR) is 130 cm³/mol. The van der Waals surface area contributed by atoms with Crippen molar-refractivity contribution in [2.75, 3.05) is 51.3 Å². The Kier molecular flexibility index (Phi) is 5.99. The first-order valence-corrected chi connectivity index (χ1v) is 11.2. The maximum Gasteiger partial charge on any atom is 0.142 e. The fourth-order valence-corrected chi connectivity index (χ4v) is 4.35. The number of pyridine rings is 1. The zero-order chi connectivity index (χ0) is 21.8. The van der Waals surface area contributed by atoms with Crippen molar-refractivity contribution < 1.29 is 9.47 Å². The molecule has 0 amide bonds. The third kappa shape index (κ3) is 4.43. The first kappa shape index (κ1) is 20.5. The third-order valence-electron chi connectivity index (χ3n) is 6.17. The number of hydrogen-bond donors (Lipinski definition) is 0. The molecule has 1 fully saturated rings. The smallest absolute Gasteiger partial charge is 0.142 e. The van der Waals surface area contributed by atoms with Crippen LogP contribution in [-0.2, 0) is 0 Å². The van der Waals surface area contributed by atoms with Crippen LogP contribution in [0.2, 0.25) is 0 Å². The Morgan fingerprint density at radius 2 is 1.59 bits per heavy atom. The third-order valence-corrected chi connectivity index (χ3v) is 6.17. The number of aromatic nitrogens is 1. The van der Waals surface area contributed by atoms with Crippen molar-refractivity contribution in [2.45, 2.75) is 0 Å². The molecule has 1 aliphatic rings. The van der Waals surface area contributed by atoms with Crippen molar-refractivity contribution in [1.29, 1.82) is 0 Å². The van der Waals surface area contributed by atoms with E-state index in [2.05, 4.69) is 81.2 Å². The van der Waals surface area contributed by atoms with Crippen molar-refractivity contribution in [1.82, 2.24) is 9.30 Å². The van der Waals surface area contributed by atoms with Gasteiger partial charge in [-0.2, -0.15) is 0 Å². The summed E-state index contributed by atoms with van der Waals surface area (Å²) in [5.41, 5.74) is 4.81. The van der Waals surface area contributed by atoms with Crippen LogP contribution in [0.15, 0.2) is 85.2 Å². The second-order valence-corrected chi connectivity index (χ2v) is 8.13. The highest BCUT2D eigenvalue weighted by Crippen LogP contribution is 2.28. The van der Waals surface area contributed by atoms with Crippen LogP contribution in [0.3, 0.4) is 0 Å². The van der Waals surface area contributed by atoms with E-state index in [0.717, 1.165) is 44.2 Å². The quantitative estimate of drug-likeness (QED) is 0.423. The maximum absolute atomic E-state index is 6.03. The Morgan fingerprint density at radius 3 is 2.38 bits per heavy atom. The van der Waals surface area contributed by atoms with Gasteiger partial charge in [0.1, 0.15) is 18.1 Å². The summed E-state index contributed by atoms with van der Waals surface area (Å²) in [6.07, 6.45) is 4.24. The largest absolute Gasteiger partial charge is 0.495 e. The SMILES string of the molecule is COc1ccccc1N1CCN(CCOc2ccc(-c3cc4ccccn4c3)cc2)CC1. The van der Waals surface area contributed by atoms with E-state index in [9.17, 15) is 0 Å². The van der Waals surface area contributed by atoms with Crippen LogP contribution in [0.5, 0.6) is 11.5 Å². The zero-order valence-electron chi connectivity index (χ0n) is 18.5. The van der Waals surface area contributed by atoms with Crippen LogP contribution in [0.4, 0.5) is 5.69 Å². The zero-order valence-corrected chi connectivity index (χ0v) is 18.5. The minimum absolute atomic E-state index is 0.699. The lowest BCUT2D eigenvalue weighted by Gasteiger charge is -2.36. The van der Waals surface area contributed by atoms with Gasteiger partial charge in [-0.3, -0.25) is 4.90 Å². The van der Waals surface area contributed by atoms with E-state index in [1.54, 1.807) is 7.11 Å². The van der Waals surface area contributed by atoms with Crippen LogP contribution in [0.25, 0.3) is 16.6 Å². The first-order valence-electron chi connectivity index (χ1n) is 11.2. The van der Waals surface area contributed by atoms with Crippen molar-refractivity contribution in [3.05, 3.63) is 85.2 Å². The maximum atomic E-state index is 6.03. The highest BCUT2D eigenvalue weighted by Gasteiger charge is 2.19. The number of nitrogens with zero attached hydrogens (tertiary/aromatic N) is 3. The topological polar surface area (TPSA) is 29.4 Å². The molecule has 0 radical (unpaired) electrons. The molecule has 3 heterocycles. The number of para-hydroxylation sites is 2. The van der Waals surface area contributed by atoms with E-state index in [-0.39, 0.29) is 0 Å². The van der Waals surface area contributed by atoms with Crippen molar-refractivity contribution in [3.63, 3.8) is 0 Å². The fraction of sp³-hybridized carbons (Fsp3) is 0.259. The van der Waals surface area contributed by atoms with Gasteiger partial charge >= 0.3 is 0 Å². The number of fused-ring (bicyclic) bond motifs is 1. The monoisotopic (exact) mass is 427 g/mol. The average molecular weight is 428 g/mol. The van der Waals surface area contributed by atoms with E-state index in [0.29, 0.717) is 6.61 Å². The second kappa shape index (κ2) is 9.37. The van der Waals surface area contributed by atoms with E-state index < -0.39 is 0 Å². The van der Waals surface area contributed by atoms with Crippen LogP contribution in [0.1, 0.15) is 0 Å². The Morgan fingerprint density at radius 1 is 0.812 bits per heavy atom. The number of hydrogen-bond acceptors (Lipinski definition) is 4. The Labute approximate surface area is 189 Å².